The summed E-state index contributed by atoms with van der Waals surface area (Å²) in [6.45, 7) is 4.56. The molecule has 2 aromatic heterocycles. The lowest BCUT2D eigenvalue weighted by Gasteiger charge is -2.38. The molecule has 5 rings (SSSR count). The number of aromatic nitrogens is 5. The topological polar surface area (TPSA) is 107 Å². The Morgan fingerprint density at radius 2 is 2.11 bits per heavy atom. The summed E-state index contributed by atoms with van der Waals surface area (Å²) in [6, 6.07) is 5.68. The Kier molecular flexibility index (Phi) is 3.96. The van der Waals surface area contributed by atoms with E-state index in [9.17, 15) is 4.79 Å². The highest BCUT2D eigenvalue weighted by molar-refractivity contribution is 5.86. The molecule has 1 N–H and O–H groups in total. The van der Waals surface area contributed by atoms with Crippen molar-refractivity contribution in [2.75, 3.05) is 24.8 Å². The fourth-order valence-corrected chi connectivity index (χ4v) is 3.43. The van der Waals surface area contributed by atoms with Crippen molar-refractivity contribution in [2.24, 2.45) is 5.92 Å². The molecule has 144 valence electrons. The summed E-state index contributed by atoms with van der Waals surface area (Å²) in [5, 5.41) is 11.3. The number of nitrogens with zero attached hydrogens (tertiary/aromatic N) is 6. The second kappa shape index (κ2) is 6.63. The summed E-state index contributed by atoms with van der Waals surface area (Å²) in [6.07, 6.45) is 1.51. The van der Waals surface area contributed by atoms with Crippen LogP contribution in [0.25, 0.3) is 11.2 Å². The van der Waals surface area contributed by atoms with Crippen LogP contribution in [-0.4, -0.2) is 50.8 Å². The van der Waals surface area contributed by atoms with Crippen molar-refractivity contribution >= 4 is 22.9 Å². The van der Waals surface area contributed by atoms with Crippen molar-refractivity contribution < 1.29 is 14.3 Å². The number of fused-ring (bicyclic) bond motifs is 2. The van der Waals surface area contributed by atoms with Crippen molar-refractivity contribution in [1.82, 2.24) is 30.3 Å². The van der Waals surface area contributed by atoms with E-state index in [0.29, 0.717) is 37.3 Å². The second-order valence-corrected chi connectivity index (χ2v) is 6.78. The zero-order valence-corrected chi connectivity index (χ0v) is 15.3. The molecule has 0 atom stereocenters. The molecular weight excluding hydrogens is 362 g/mol. The highest BCUT2D eigenvalue weighted by atomic mass is 16.7. The van der Waals surface area contributed by atoms with Gasteiger partial charge >= 0.3 is 0 Å². The van der Waals surface area contributed by atoms with Gasteiger partial charge in [0.2, 0.25) is 12.7 Å². The molecule has 28 heavy (non-hydrogen) atoms. The van der Waals surface area contributed by atoms with Gasteiger partial charge in [-0.25, -0.2) is 14.6 Å². The number of benzene rings is 1. The maximum Gasteiger partial charge on any atom is 0.231 e. The lowest BCUT2D eigenvalue weighted by molar-refractivity contribution is -0.125. The predicted octanol–water partition coefficient (Wildman–Crippen LogP) is 0.722. The minimum absolute atomic E-state index is 0.0245. The van der Waals surface area contributed by atoms with E-state index in [4.69, 9.17) is 9.47 Å². The zero-order chi connectivity index (χ0) is 19.1. The number of hydrogen-bond acceptors (Lipinski definition) is 8. The van der Waals surface area contributed by atoms with Gasteiger partial charge in [-0.3, -0.25) is 4.79 Å². The normalized spacial score (nSPS) is 15.7. The summed E-state index contributed by atoms with van der Waals surface area (Å²) in [7, 11) is 0. The van der Waals surface area contributed by atoms with Gasteiger partial charge in [-0.1, -0.05) is 11.3 Å². The summed E-state index contributed by atoms with van der Waals surface area (Å²) < 4.78 is 12.4. The second-order valence-electron chi connectivity index (χ2n) is 6.78. The molecule has 2 aliphatic heterocycles. The molecule has 2 aliphatic rings. The Bertz CT molecular complexity index is 1040. The highest BCUT2D eigenvalue weighted by Gasteiger charge is 2.35. The van der Waals surface area contributed by atoms with Gasteiger partial charge in [0.25, 0.3) is 0 Å². The summed E-state index contributed by atoms with van der Waals surface area (Å²) in [5.41, 5.74) is 2.36. The van der Waals surface area contributed by atoms with Gasteiger partial charge in [0.15, 0.2) is 28.5 Å². The van der Waals surface area contributed by atoms with E-state index in [-0.39, 0.29) is 18.6 Å². The third-order valence-electron chi connectivity index (χ3n) is 5.04. The van der Waals surface area contributed by atoms with Gasteiger partial charge in [-0.15, -0.1) is 5.10 Å². The van der Waals surface area contributed by atoms with Crippen LogP contribution in [-0.2, 0) is 17.9 Å². The predicted molar refractivity (Wildman–Crippen MR) is 98.9 cm³/mol. The smallest absolute Gasteiger partial charge is 0.231 e. The quantitative estimate of drug-likeness (QED) is 0.689. The van der Waals surface area contributed by atoms with Crippen molar-refractivity contribution in [2.45, 2.75) is 20.0 Å². The molecule has 1 aromatic carbocycles. The number of hydrogen-bond donors (Lipinski definition) is 1. The first-order valence-electron chi connectivity index (χ1n) is 9.18. The van der Waals surface area contributed by atoms with E-state index in [1.54, 1.807) is 4.68 Å². The number of aryl methyl sites for hydroxylation is 1. The standard InChI is InChI=1S/C18H19N7O3/c1-2-25-17-15(22-23-25)16(20-9-21-17)24-7-12(8-24)18(26)19-6-11-3-4-13-14(5-11)28-10-27-13/h3-5,9,12H,2,6-8,10H2,1H3,(H,19,26). The number of amides is 1. The van der Waals surface area contributed by atoms with Crippen molar-refractivity contribution in [1.29, 1.82) is 0 Å². The Labute approximate surface area is 160 Å². The third kappa shape index (κ3) is 2.77. The Morgan fingerprint density at radius 3 is 2.96 bits per heavy atom. The van der Waals surface area contributed by atoms with Gasteiger partial charge in [-0.2, -0.15) is 0 Å². The summed E-state index contributed by atoms with van der Waals surface area (Å²) in [5.74, 6) is 2.12. The molecule has 0 saturated carbocycles. The molecule has 4 heterocycles. The van der Waals surface area contributed by atoms with E-state index in [0.717, 1.165) is 22.9 Å². The average Bonchev–Trinajstić information content (AvgIpc) is 3.31. The zero-order valence-electron chi connectivity index (χ0n) is 15.3. The number of ether oxygens (including phenoxy) is 2. The van der Waals surface area contributed by atoms with Gasteiger partial charge in [0.05, 0.1) is 5.92 Å². The lowest BCUT2D eigenvalue weighted by Crippen LogP contribution is -2.54. The maximum atomic E-state index is 12.5. The third-order valence-corrected chi connectivity index (χ3v) is 5.04. The molecule has 1 amide bonds. The molecule has 0 spiro atoms. The van der Waals surface area contributed by atoms with Crippen molar-refractivity contribution in [3.05, 3.63) is 30.1 Å². The minimum Gasteiger partial charge on any atom is -0.454 e. The Morgan fingerprint density at radius 1 is 1.25 bits per heavy atom. The minimum atomic E-state index is -0.0831. The number of nitrogens with one attached hydrogen (secondary N) is 1. The van der Waals surface area contributed by atoms with E-state index in [1.165, 1.54) is 6.33 Å². The van der Waals surface area contributed by atoms with Crippen LogP contribution in [0, 0.1) is 5.92 Å². The largest absolute Gasteiger partial charge is 0.454 e. The Hall–Kier alpha value is -3.43. The van der Waals surface area contributed by atoms with Crippen LogP contribution in [0.1, 0.15) is 12.5 Å². The van der Waals surface area contributed by atoms with Gasteiger partial charge in [-0.05, 0) is 24.6 Å². The summed E-state index contributed by atoms with van der Waals surface area (Å²) in [4.78, 5) is 23.1. The monoisotopic (exact) mass is 381 g/mol. The van der Waals surface area contributed by atoms with Crippen LogP contribution in [0.15, 0.2) is 24.5 Å². The van der Waals surface area contributed by atoms with E-state index >= 15 is 0 Å². The first-order valence-corrected chi connectivity index (χ1v) is 9.18. The van der Waals surface area contributed by atoms with Gasteiger partial charge in [0, 0.05) is 26.2 Å². The van der Waals surface area contributed by atoms with E-state index in [2.05, 4.69) is 25.6 Å². The SMILES string of the molecule is CCn1nnc2c(N3CC(C(=O)NCc4ccc5c(c4)OCO5)C3)ncnc21. The van der Waals surface area contributed by atoms with Crippen LogP contribution >= 0.6 is 0 Å². The fraction of sp³-hybridized carbons (Fsp3) is 0.389. The molecule has 0 unspecified atom stereocenters. The van der Waals surface area contributed by atoms with Crippen LogP contribution in [0.5, 0.6) is 11.5 Å². The lowest BCUT2D eigenvalue weighted by atomic mass is 9.99. The first kappa shape index (κ1) is 16.7. The van der Waals surface area contributed by atoms with Gasteiger partial charge < -0.3 is 19.7 Å². The molecule has 0 radical (unpaired) electrons. The number of carbonyl (C=O) groups is 1. The number of rotatable bonds is 5. The molecule has 1 saturated heterocycles. The maximum absolute atomic E-state index is 12.5. The molecule has 10 nitrogen and oxygen atoms in total. The van der Waals surface area contributed by atoms with Crippen LogP contribution in [0.4, 0.5) is 5.82 Å². The fourth-order valence-electron chi connectivity index (χ4n) is 3.43. The van der Waals surface area contributed by atoms with Crippen molar-refractivity contribution in [3.63, 3.8) is 0 Å². The number of anilines is 1. The van der Waals surface area contributed by atoms with E-state index < -0.39 is 0 Å². The molecule has 0 aliphatic carbocycles. The molecule has 1 fully saturated rings. The first-order chi connectivity index (χ1) is 13.7. The molecular formula is C18H19N7O3. The van der Waals surface area contributed by atoms with Crippen LogP contribution in [0.3, 0.4) is 0 Å². The average molecular weight is 381 g/mol. The Balaban J connectivity index is 1.20. The highest BCUT2D eigenvalue weighted by Crippen LogP contribution is 2.32. The van der Waals surface area contributed by atoms with Crippen LogP contribution in [0.2, 0.25) is 0 Å². The molecule has 3 aromatic rings. The van der Waals surface area contributed by atoms with Gasteiger partial charge in [0.1, 0.15) is 6.33 Å². The van der Waals surface area contributed by atoms with Crippen LogP contribution < -0.4 is 19.7 Å². The number of carbonyl (C=O) groups excluding carboxylic acids is 1. The van der Waals surface area contributed by atoms with Crippen molar-refractivity contribution in [3.8, 4) is 11.5 Å². The molecule has 10 heteroatoms. The molecule has 0 bridgehead atoms. The van der Waals surface area contributed by atoms with E-state index in [1.807, 2.05) is 30.0 Å². The summed E-state index contributed by atoms with van der Waals surface area (Å²) >= 11 is 0.